The highest BCUT2D eigenvalue weighted by atomic mass is 16.5. The number of unbranched alkanes of at least 4 members (excludes halogenated alkanes) is 1. The van der Waals surface area contributed by atoms with E-state index < -0.39 is 0 Å². The van der Waals surface area contributed by atoms with Crippen LogP contribution in [0.3, 0.4) is 0 Å². The van der Waals surface area contributed by atoms with Crippen LogP contribution in [0.1, 0.15) is 30.9 Å². The summed E-state index contributed by atoms with van der Waals surface area (Å²) in [6, 6.07) is 6.16. The minimum Gasteiger partial charge on any atom is -0.495 e. The first kappa shape index (κ1) is 15.6. The number of benzene rings is 1. The number of methoxy groups -OCH3 is 1. The zero-order valence-electron chi connectivity index (χ0n) is 12.2. The molecule has 0 radical (unpaired) electrons. The highest BCUT2D eigenvalue weighted by Gasteiger charge is 2.04. The molecule has 0 fully saturated rings. The molecule has 0 saturated heterocycles. The van der Waals surface area contributed by atoms with Crippen LogP contribution in [0.25, 0.3) is 0 Å². The first-order valence-corrected chi connectivity index (χ1v) is 6.75. The molecule has 1 rings (SSSR count). The molecular weight excluding hydrogens is 236 g/mol. The third-order valence-electron chi connectivity index (χ3n) is 2.93. The lowest BCUT2D eigenvalue weighted by Crippen LogP contribution is -2.18. The molecule has 104 valence electrons. The van der Waals surface area contributed by atoms with Gasteiger partial charge in [0.15, 0.2) is 0 Å². The quantitative estimate of drug-likeness (QED) is 0.797. The van der Waals surface area contributed by atoms with Crippen molar-refractivity contribution >= 4 is 0 Å². The van der Waals surface area contributed by atoms with Crippen molar-refractivity contribution in [1.82, 2.24) is 4.90 Å². The molecule has 3 nitrogen and oxygen atoms in total. The molecular formula is C16H24N2O. The predicted octanol–water partition coefficient (Wildman–Crippen LogP) is 2.24. The number of nitrogens with zero attached hydrogens (tertiary/aromatic N) is 1. The molecule has 0 atom stereocenters. The van der Waals surface area contributed by atoms with Crippen LogP contribution in [-0.2, 0) is 6.54 Å². The summed E-state index contributed by atoms with van der Waals surface area (Å²) in [5.74, 6) is 6.75. The molecule has 1 aromatic rings. The number of rotatable bonds is 6. The lowest BCUT2D eigenvalue weighted by molar-refractivity contribution is 0.320. The first-order valence-electron chi connectivity index (χ1n) is 6.75. The van der Waals surface area contributed by atoms with Crippen molar-refractivity contribution in [3.05, 3.63) is 29.3 Å². The van der Waals surface area contributed by atoms with E-state index >= 15 is 0 Å². The second kappa shape index (κ2) is 8.58. The lowest BCUT2D eigenvalue weighted by Gasteiger charge is -2.16. The second-order valence-electron chi connectivity index (χ2n) is 4.63. The van der Waals surface area contributed by atoms with E-state index in [2.05, 4.69) is 42.8 Å². The second-order valence-corrected chi connectivity index (χ2v) is 4.63. The van der Waals surface area contributed by atoms with Crippen molar-refractivity contribution in [3.8, 4) is 17.6 Å². The molecule has 1 aromatic carbocycles. The van der Waals surface area contributed by atoms with Crippen LogP contribution in [0, 0.1) is 11.8 Å². The Morgan fingerprint density at radius 2 is 2.16 bits per heavy atom. The number of nitrogens with two attached hydrogens (primary N) is 1. The molecule has 3 heteroatoms. The molecule has 2 N–H and O–H groups in total. The zero-order valence-corrected chi connectivity index (χ0v) is 12.2. The van der Waals surface area contributed by atoms with Crippen molar-refractivity contribution in [2.45, 2.75) is 26.3 Å². The average Bonchev–Trinajstić information content (AvgIpc) is 2.43. The Hall–Kier alpha value is -1.50. The molecule has 0 spiro atoms. The van der Waals surface area contributed by atoms with E-state index in [1.165, 1.54) is 18.4 Å². The highest BCUT2D eigenvalue weighted by Crippen LogP contribution is 2.19. The van der Waals surface area contributed by atoms with Gasteiger partial charge in [0.25, 0.3) is 0 Å². The van der Waals surface area contributed by atoms with E-state index in [-0.39, 0.29) is 0 Å². The van der Waals surface area contributed by atoms with Gasteiger partial charge in [-0.2, -0.15) is 0 Å². The maximum atomic E-state index is 5.42. The summed E-state index contributed by atoms with van der Waals surface area (Å²) < 4.78 is 5.31. The van der Waals surface area contributed by atoms with Crippen LogP contribution in [-0.4, -0.2) is 32.1 Å². The van der Waals surface area contributed by atoms with Crippen LogP contribution in [0.15, 0.2) is 18.2 Å². The topological polar surface area (TPSA) is 38.5 Å². The Balaban J connectivity index is 2.80. The molecule has 0 aliphatic heterocycles. The van der Waals surface area contributed by atoms with E-state index in [1.54, 1.807) is 7.11 Å². The summed E-state index contributed by atoms with van der Waals surface area (Å²) in [7, 11) is 3.81. The standard InChI is InChI=1S/C16H24N2O/c1-4-5-11-18(2)13-14-8-9-16(19-3)15(12-14)7-6-10-17/h8-9,12H,4-5,10-11,13,17H2,1-3H3. The van der Waals surface area contributed by atoms with Gasteiger partial charge >= 0.3 is 0 Å². The third kappa shape index (κ3) is 5.34. The third-order valence-corrected chi connectivity index (χ3v) is 2.93. The van der Waals surface area contributed by atoms with Gasteiger partial charge < -0.3 is 15.4 Å². The summed E-state index contributed by atoms with van der Waals surface area (Å²) in [6.07, 6.45) is 2.45. The van der Waals surface area contributed by atoms with Gasteiger partial charge in [0.1, 0.15) is 5.75 Å². The van der Waals surface area contributed by atoms with Gasteiger partial charge in [-0.05, 0) is 37.7 Å². The smallest absolute Gasteiger partial charge is 0.134 e. The number of ether oxygens (including phenoxy) is 1. The van der Waals surface area contributed by atoms with Crippen LogP contribution in [0.4, 0.5) is 0 Å². The normalized spacial score (nSPS) is 10.2. The summed E-state index contributed by atoms with van der Waals surface area (Å²) in [6.45, 7) is 4.62. The molecule has 0 bridgehead atoms. The van der Waals surface area contributed by atoms with Gasteiger partial charge in [-0.15, -0.1) is 0 Å². The van der Waals surface area contributed by atoms with Crippen molar-refractivity contribution in [2.75, 3.05) is 27.2 Å². The van der Waals surface area contributed by atoms with E-state index in [0.29, 0.717) is 6.54 Å². The van der Waals surface area contributed by atoms with Gasteiger partial charge in [0.2, 0.25) is 0 Å². The lowest BCUT2D eigenvalue weighted by atomic mass is 10.1. The fraction of sp³-hybridized carbons (Fsp3) is 0.500. The minimum absolute atomic E-state index is 0.365. The van der Waals surface area contributed by atoms with Crippen molar-refractivity contribution < 1.29 is 4.74 Å². The largest absolute Gasteiger partial charge is 0.495 e. The minimum atomic E-state index is 0.365. The van der Waals surface area contributed by atoms with E-state index in [9.17, 15) is 0 Å². The molecule has 0 aliphatic carbocycles. The van der Waals surface area contributed by atoms with Crippen LogP contribution >= 0.6 is 0 Å². The molecule has 0 amide bonds. The van der Waals surface area contributed by atoms with E-state index in [1.807, 2.05) is 6.07 Å². The highest BCUT2D eigenvalue weighted by molar-refractivity contribution is 5.48. The molecule has 0 aromatic heterocycles. The van der Waals surface area contributed by atoms with E-state index in [4.69, 9.17) is 10.5 Å². The van der Waals surface area contributed by atoms with Gasteiger partial charge in [-0.1, -0.05) is 31.3 Å². The van der Waals surface area contributed by atoms with Crippen LogP contribution < -0.4 is 10.5 Å². The Bertz CT molecular complexity index is 446. The molecule has 0 aliphatic rings. The number of hydrogen-bond acceptors (Lipinski definition) is 3. The fourth-order valence-corrected chi connectivity index (χ4v) is 1.92. The predicted molar refractivity (Wildman–Crippen MR) is 80.2 cm³/mol. The summed E-state index contributed by atoms with van der Waals surface area (Å²) >= 11 is 0. The molecule has 19 heavy (non-hydrogen) atoms. The Morgan fingerprint density at radius 1 is 1.37 bits per heavy atom. The Kier molecular flexibility index (Phi) is 7.02. The fourth-order valence-electron chi connectivity index (χ4n) is 1.92. The van der Waals surface area contributed by atoms with Gasteiger partial charge in [0.05, 0.1) is 19.2 Å². The number of hydrogen-bond donors (Lipinski definition) is 1. The summed E-state index contributed by atoms with van der Waals surface area (Å²) in [5, 5.41) is 0. The molecule has 0 saturated carbocycles. The van der Waals surface area contributed by atoms with Crippen molar-refractivity contribution in [3.63, 3.8) is 0 Å². The summed E-state index contributed by atoms with van der Waals surface area (Å²) in [4.78, 5) is 2.32. The maximum absolute atomic E-state index is 5.42. The Labute approximate surface area is 116 Å². The monoisotopic (exact) mass is 260 g/mol. The molecule has 0 heterocycles. The SMILES string of the molecule is CCCCN(C)Cc1ccc(OC)c(C#CCN)c1. The maximum Gasteiger partial charge on any atom is 0.134 e. The van der Waals surface area contributed by atoms with Crippen LogP contribution in [0.5, 0.6) is 5.75 Å². The molecule has 0 unspecified atom stereocenters. The zero-order chi connectivity index (χ0) is 14.1. The Morgan fingerprint density at radius 3 is 2.79 bits per heavy atom. The van der Waals surface area contributed by atoms with Gasteiger partial charge in [0, 0.05) is 6.54 Å². The average molecular weight is 260 g/mol. The van der Waals surface area contributed by atoms with Crippen molar-refractivity contribution in [1.29, 1.82) is 0 Å². The first-order chi connectivity index (χ1) is 9.21. The van der Waals surface area contributed by atoms with Gasteiger partial charge in [-0.25, -0.2) is 0 Å². The van der Waals surface area contributed by atoms with Gasteiger partial charge in [-0.3, -0.25) is 0 Å². The summed E-state index contributed by atoms with van der Waals surface area (Å²) in [5.41, 5.74) is 7.58. The van der Waals surface area contributed by atoms with Crippen LogP contribution in [0.2, 0.25) is 0 Å². The van der Waals surface area contributed by atoms with E-state index in [0.717, 1.165) is 24.4 Å². The van der Waals surface area contributed by atoms with Crippen molar-refractivity contribution in [2.24, 2.45) is 5.73 Å².